The van der Waals surface area contributed by atoms with E-state index in [0.717, 1.165) is 22.3 Å². The summed E-state index contributed by atoms with van der Waals surface area (Å²) in [6.07, 6.45) is 3.33. The molecule has 1 unspecified atom stereocenters. The summed E-state index contributed by atoms with van der Waals surface area (Å²) in [5.41, 5.74) is 1.73. The number of halogens is 1. The second-order valence-electron chi connectivity index (χ2n) is 4.67. The predicted molar refractivity (Wildman–Crippen MR) is 83.5 cm³/mol. The van der Waals surface area contributed by atoms with Crippen molar-refractivity contribution in [2.24, 2.45) is 0 Å². The van der Waals surface area contributed by atoms with Gasteiger partial charge in [-0.25, -0.2) is 0 Å². The highest BCUT2D eigenvalue weighted by molar-refractivity contribution is 9.10. The first-order valence-electron chi connectivity index (χ1n) is 6.64. The van der Waals surface area contributed by atoms with Crippen molar-refractivity contribution < 1.29 is 9.53 Å². The van der Waals surface area contributed by atoms with Gasteiger partial charge in [0.2, 0.25) is 5.91 Å². The van der Waals surface area contributed by atoms with Gasteiger partial charge in [0.1, 0.15) is 17.5 Å². The largest absolute Gasteiger partial charge is 0.456 e. The third-order valence-electron chi connectivity index (χ3n) is 3.18. The molecule has 0 saturated carbocycles. The molecule has 1 atom stereocenters. The van der Waals surface area contributed by atoms with Crippen molar-refractivity contribution in [3.05, 3.63) is 46.7 Å². The van der Waals surface area contributed by atoms with Crippen LogP contribution in [0.4, 0.5) is 5.69 Å². The van der Waals surface area contributed by atoms with Crippen LogP contribution in [0.2, 0.25) is 0 Å². The van der Waals surface area contributed by atoms with Gasteiger partial charge in [-0.1, -0.05) is 13.0 Å². The number of carbonyl (C=O) groups excluding carboxylic acids is 1. The zero-order valence-corrected chi connectivity index (χ0v) is 13.0. The maximum absolute atomic E-state index is 11.9. The van der Waals surface area contributed by atoms with Gasteiger partial charge in [-0.05, 0) is 34.6 Å². The number of benzene rings is 1. The number of ether oxygens (including phenoxy) is 1. The van der Waals surface area contributed by atoms with E-state index in [9.17, 15) is 4.79 Å². The number of aromatic nitrogens is 1. The normalized spacial score (nSPS) is 16.5. The Kier molecular flexibility index (Phi) is 3.90. The van der Waals surface area contributed by atoms with E-state index in [1.54, 1.807) is 12.4 Å². The molecule has 1 aliphatic heterocycles. The van der Waals surface area contributed by atoms with E-state index in [0.29, 0.717) is 11.5 Å². The molecule has 0 radical (unpaired) electrons. The molecular weight excluding hydrogens is 334 g/mol. The highest BCUT2D eigenvalue weighted by Gasteiger charge is 2.29. The van der Waals surface area contributed by atoms with Gasteiger partial charge in [0.05, 0.1) is 6.20 Å². The van der Waals surface area contributed by atoms with Crippen LogP contribution < -0.4 is 15.4 Å². The Morgan fingerprint density at radius 2 is 2.19 bits per heavy atom. The van der Waals surface area contributed by atoms with E-state index in [1.807, 2.05) is 31.2 Å². The second kappa shape index (κ2) is 5.83. The minimum Gasteiger partial charge on any atom is -0.456 e. The maximum atomic E-state index is 11.9. The van der Waals surface area contributed by atoms with Gasteiger partial charge in [0.25, 0.3) is 0 Å². The number of fused-ring (bicyclic) bond motifs is 1. The van der Waals surface area contributed by atoms with Crippen LogP contribution in [0.1, 0.15) is 18.5 Å². The van der Waals surface area contributed by atoms with Gasteiger partial charge < -0.3 is 15.4 Å². The number of hydrogen-bond acceptors (Lipinski definition) is 4. The average molecular weight is 348 g/mol. The fourth-order valence-corrected chi connectivity index (χ4v) is 2.64. The van der Waals surface area contributed by atoms with Gasteiger partial charge >= 0.3 is 0 Å². The molecule has 1 aliphatic rings. The Labute approximate surface area is 130 Å². The molecule has 21 heavy (non-hydrogen) atoms. The zero-order chi connectivity index (χ0) is 14.8. The van der Waals surface area contributed by atoms with Crippen molar-refractivity contribution in [1.29, 1.82) is 0 Å². The summed E-state index contributed by atoms with van der Waals surface area (Å²) >= 11 is 3.35. The van der Waals surface area contributed by atoms with Gasteiger partial charge in [-0.15, -0.1) is 0 Å². The Bertz CT molecular complexity index is 690. The molecule has 1 aromatic carbocycles. The Hall–Kier alpha value is -1.92. The molecule has 108 valence electrons. The number of rotatable bonds is 4. The van der Waals surface area contributed by atoms with Crippen molar-refractivity contribution in [1.82, 2.24) is 10.3 Å². The number of nitrogens with zero attached hydrogens (tertiary/aromatic N) is 1. The van der Waals surface area contributed by atoms with E-state index in [2.05, 4.69) is 31.5 Å². The smallest absolute Gasteiger partial charge is 0.246 e. The molecule has 0 fully saturated rings. The highest BCUT2D eigenvalue weighted by Crippen LogP contribution is 2.35. The van der Waals surface area contributed by atoms with Gasteiger partial charge in [-0.2, -0.15) is 0 Å². The molecule has 0 spiro atoms. The van der Waals surface area contributed by atoms with E-state index < -0.39 is 0 Å². The number of hydrogen-bond donors (Lipinski definition) is 2. The van der Waals surface area contributed by atoms with E-state index in [-0.39, 0.29) is 11.9 Å². The van der Waals surface area contributed by atoms with Crippen LogP contribution in [0.25, 0.3) is 0 Å². The quantitative estimate of drug-likeness (QED) is 0.891. The molecular formula is C15H14BrN3O2. The number of anilines is 1. The fourth-order valence-electron chi connectivity index (χ4n) is 2.30. The first-order valence-corrected chi connectivity index (χ1v) is 7.43. The number of carbonyl (C=O) groups is 1. The molecule has 0 bridgehead atoms. The van der Waals surface area contributed by atoms with E-state index in [1.165, 1.54) is 0 Å². The van der Waals surface area contributed by atoms with Crippen LogP contribution in [0.5, 0.6) is 11.5 Å². The van der Waals surface area contributed by atoms with Crippen LogP contribution in [0, 0.1) is 0 Å². The van der Waals surface area contributed by atoms with Crippen LogP contribution in [0.3, 0.4) is 0 Å². The van der Waals surface area contributed by atoms with Crippen molar-refractivity contribution in [3.63, 3.8) is 0 Å². The summed E-state index contributed by atoms with van der Waals surface area (Å²) in [7, 11) is 0. The van der Waals surface area contributed by atoms with Crippen molar-refractivity contribution in [3.8, 4) is 11.5 Å². The lowest BCUT2D eigenvalue weighted by Gasteiger charge is -2.10. The van der Waals surface area contributed by atoms with Gasteiger partial charge in [-0.3, -0.25) is 9.78 Å². The molecule has 1 aromatic heterocycles. The molecule has 2 heterocycles. The minimum absolute atomic E-state index is 0.0341. The monoisotopic (exact) mass is 347 g/mol. The SMILES string of the molecule is CCNC1C(=O)Nc2cc(Oc3cncc(Br)c3)ccc21. The second-order valence-corrected chi connectivity index (χ2v) is 5.59. The molecule has 6 heteroatoms. The van der Waals surface area contributed by atoms with Crippen LogP contribution in [-0.2, 0) is 4.79 Å². The zero-order valence-electron chi connectivity index (χ0n) is 11.4. The predicted octanol–water partition coefficient (Wildman–Crippen LogP) is 3.24. The summed E-state index contributed by atoms with van der Waals surface area (Å²) in [6, 6.07) is 7.13. The van der Waals surface area contributed by atoms with Crippen LogP contribution in [-0.4, -0.2) is 17.4 Å². The molecule has 2 aromatic rings. The van der Waals surface area contributed by atoms with Crippen molar-refractivity contribution in [2.45, 2.75) is 13.0 Å². The molecule has 0 aliphatic carbocycles. The van der Waals surface area contributed by atoms with Crippen LogP contribution in [0.15, 0.2) is 41.1 Å². The molecule has 0 saturated heterocycles. The van der Waals surface area contributed by atoms with Crippen LogP contribution >= 0.6 is 15.9 Å². The standard InChI is InChI=1S/C15H14BrN3O2/c1-2-18-14-12-4-3-10(6-13(12)19-15(14)20)21-11-5-9(16)7-17-8-11/h3-8,14,18H,2H2,1H3,(H,19,20). The van der Waals surface area contributed by atoms with E-state index >= 15 is 0 Å². The van der Waals surface area contributed by atoms with Crippen molar-refractivity contribution in [2.75, 3.05) is 11.9 Å². The minimum atomic E-state index is -0.286. The number of nitrogens with one attached hydrogen (secondary N) is 2. The molecule has 3 rings (SSSR count). The Morgan fingerprint density at radius 3 is 2.95 bits per heavy atom. The van der Waals surface area contributed by atoms with Gasteiger partial charge in [0, 0.05) is 28.0 Å². The Morgan fingerprint density at radius 1 is 1.33 bits per heavy atom. The summed E-state index contributed by atoms with van der Waals surface area (Å²) in [6.45, 7) is 2.71. The summed E-state index contributed by atoms with van der Waals surface area (Å²) < 4.78 is 6.60. The number of pyridine rings is 1. The first kappa shape index (κ1) is 14.0. The topological polar surface area (TPSA) is 63.2 Å². The lowest BCUT2D eigenvalue weighted by Crippen LogP contribution is -2.27. The fraction of sp³-hybridized carbons (Fsp3) is 0.200. The summed E-state index contributed by atoms with van der Waals surface area (Å²) in [4.78, 5) is 16.0. The summed E-state index contributed by atoms with van der Waals surface area (Å²) in [5.74, 6) is 1.26. The van der Waals surface area contributed by atoms with Crippen molar-refractivity contribution >= 4 is 27.5 Å². The lowest BCUT2D eigenvalue weighted by atomic mass is 10.1. The first-order chi connectivity index (χ1) is 10.2. The lowest BCUT2D eigenvalue weighted by molar-refractivity contribution is -0.117. The average Bonchev–Trinajstić information content (AvgIpc) is 2.75. The Balaban J connectivity index is 1.84. The third-order valence-corrected chi connectivity index (χ3v) is 3.61. The molecule has 2 N–H and O–H groups in total. The molecule has 5 nitrogen and oxygen atoms in total. The summed E-state index contributed by atoms with van der Waals surface area (Å²) in [5, 5.41) is 6.02. The van der Waals surface area contributed by atoms with Gasteiger partial charge in [0.15, 0.2) is 0 Å². The number of likely N-dealkylation sites (N-methyl/N-ethyl adjacent to an activating group) is 1. The highest BCUT2D eigenvalue weighted by atomic mass is 79.9. The maximum Gasteiger partial charge on any atom is 0.246 e. The molecule has 1 amide bonds. The van der Waals surface area contributed by atoms with E-state index in [4.69, 9.17) is 4.74 Å². The third kappa shape index (κ3) is 2.91. The number of amides is 1.